The monoisotopic (exact) mass is 483 g/mol. The van der Waals surface area contributed by atoms with Gasteiger partial charge in [-0.2, -0.15) is 0 Å². The maximum atomic E-state index is 14.1. The van der Waals surface area contributed by atoms with Crippen LogP contribution < -0.4 is 5.32 Å². The van der Waals surface area contributed by atoms with Crippen LogP contribution in [0.4, 0.5) is 0 Å². The van der Waals surface area contributed by atoms with Crippen LogP contribution in [0, 0.1) is 11.8 Å². The van der Waals surface area contributed by atoms with Gasteiger partial charge in [0.2, 0.25) is 5.91 Å². The lowest BCUT2D eigenvalue weighted by Gasteiger charge is -2.39. The van der Waals surface area contributed by atoms with Gasteiger partial charge in [-0.25, -0.2) is 4.98 Å². The van der Waals surface area contributed by atoms with Gasteiger partial charge in [-0.05, 0) is 43.7 Å². The largest absolute Gasteiger partial charge is 0.385 e. The molecule has 1 aliphatic carbocycles. The van der Waals surface area contributed by atoms with E-state index in [1.807, 2.05) is 38.6 Å². The van der Waals surface area contributed by atoms with Crippen molar-refractivity contribution in [1.29, 1.82) is 0 Å². The molecule has 1 aromatic heterocycles. The summed E-state index contributed by atoms with van der Waals surface area (Å²) in [5.74, 6) is 1.06. The predicted molar refractivity (Wildman–Crippen MR) is 132 cm³/mol. The molecule has 3 heterocycles. The maximum Gasteiger partial charge on any atom is 0.290 e. The molecule has 0 radical (unpaired) electrons. The first-order valence-corrected chi connectivity index (χ1v) is 13.0. The second kappa shape index (κ2) is 11.1. The normalized spacial score (nSPS) is 22.9. The zero-order chi connectivity index (χ0) is 24.2. The number of methoxy groups -OCH3 is 1. The Kier molecular flexibility index (Phi) is 7.65. The fraction of sp³-hybridized carbons (Fsp3) is 0.654. The van der Waals surface area contributed by atoms with Crippen LogP contribution in [-0.4, -0.2) is 96.9 Å². The summed E-state index contributed by atoms with van der Waals surface area (Å²) in [7, 11) is 1.69. The van der Waals surface area contributed by atoms with Crippen molar-refractivity contribution in [1.82, 2.24) is 24.7 Å². The minimum absolute atomic E-state index is 0.0286. The molecule has 9 nitrogen and oxygen atoms in total. The molecule has 5 rings (SSSR count). The Labute approximate surface area is 206 Å². The Morgan fingerprint density at radius 1 is 1.20 bits per heavy atom. The van der Waals surface area contributed by atoms with Gasteiger partial charge in [0.1, 0.15) is 0 Å². The summed E-state index contributed by atoms with van der Waals surface area (Å²) in [5.41, 5.74) is 1.81. The van der Waals surface area contributed by atoms with Crippen LogP contribution in [0.25, 0.3) is 11.0 Å². The van der Waals surface area contributed by atoms with Crippen molar-refractivity contribution >= 4 is 22.8 Å². The molecular weight excluding hydrogens is 446 g/mol. The van der Waals surface area contributed by atoms with Gasteiger partial charge in [0.25, 0.3) is 5.91 Å². The minimum atomic E-state index is -0.123. The fourth-order valence-corrected chi connectivity index (χ4v) is 5.32. The first-order chi connectivity index (χ1) is 17.2. The highest BCUT2D eigenvalue weighted by molar-refractivity contribution is 5.95. The highest BCUT2D eigenvalue weighted by atomic mass is 16.5. The Balaban J connectivity index is 1.38. The molecule has 2 aromatic rings. The van der Waals surface area contributed by atoms with E-state index >= 15 is 0 Å². The third-order valence-corrected chi connectivity index (χ3v) is 7.43. The summed E-state index contributed by atoms with van der Waals surface area (Å²) >= 11 is 0. The number of morpholine rings is 1. The van der Waals surface area contributed by atoms with Crippen LogP contribution in [0.3, 0.4) is 0 Å². The van der Waals surface area contributed by atoms with E-state index in [-0.39, 0.29) is 23.8 Å². The number of benzene rings is 1. The quantitative estimate of drug-likeness (QED) is 0.547. The molecule has 2 saturated heterocycles. The summed E-state index contributed by atoms with van der Waals surface area (Å²) in [6.07, 6.45) is 3.81. The number of carbonyl (C=O) groups is 2. The van der Waals surface area contributed by atoms with Crippen molar-refractivity contribution in [2.75, 3.05) is 59.7 Å². The lowest BCUT2D eigenvalue weighted by Crippen LogP contribution is -2.56. The zero-order valence-electron chi connectivity index (χ0n) is 20.7. The van der Waals surface area contributed by atoms with Crippen molar-refractivity contribution in [2.24, 2.45) is 11.8 Å². The van der Waals surface area contributed by atoms with Gasteiger partial charge in [0.15, 0.2) is 5.82 Å². The number of fused-ring (bicyclic) bond motifs is 1. The van der Waals surface area contributed by atoms with Gasteiger partial charge in [-0.1, -0.05) is 12.1 Å². The number of rotatable bonds is 9. The molecule has 0 bridgehead atoms. The highest BCUT2D eigenvalue weighted by Crippen LogP contribution is 2.32. The lowest BCUT2D eigenvalue weighted by molar-refractivity contribution is -0.140. The minimum Gasteiger partial charge on any atom is -0.385 e. The maximum absolute atomic E-state index is 14.1. The van der Waals surface area contributed by atoms with Crippen LogP contribution in [0.15, 0.2) is 24.3 Å². The van der Waals surface area contributed by atoms with Crippen LogP contribution in [0.1, 0.15) is 36.3 Å². The van der Waals surface area contributed by atoms with Crippen LogP contribution in [0.2, 0.25) is 0 Å². The molecule has 1 saturated carbocycles. The SMILES string of the molecule is COCCCn1c(C(=O)N(CC2CC2)[C@@H]2CNC[C@H](C(=O)N3CCOCC3)C2)nc2ccccc21. The smallest absolute Gasteiger partial charge is 0.290 e. The first-order valence-electron chi connectivity index (χ1n) is 13.0. The molecular formula is C26H37N5O4. The van der Waals surface area contributed by atoms with Gasteiger partial charge < -0.3 is 29.2 Å². The topological polar surface area (TPSA) is 88.9 Å². The molecule has 2 aliphatic heterocycles. The molecule has 3 fully saturated rings. The second-order valence-electron chi connectivity index (χ2n) is 10.0. The standard InChI is InChI=1S/C26H37N5O4/c1-34-12-4-9-30-23-6-3-2-5-22(23)28-24(30)26(33)31(18-19-7-8-19)21-15-20(16-27-17-21)25(32)29-10-13-35-14-11-29/h2-3,5-6,19-21,27H,4,7-18H2,1H3/t20-,21+/m1/s1. The van der Waals surface area contributed by atoms with E-state index in [2.05, 4.69) is 5.32 Å². The summed E-state index contributed by atoms with van der Waals surface area (Å²) < 4.78 is 12.7. The number of nitrogens with zero attached hydrogens (tertiary/aromatic N) is 4. The average molecular weight is 484 g/mol. The van der Waals surface area contributed by atoms with Crippen molar-refractivity contribution in [3.05, 3.63) is 30.1 Å². The van der Waals surface area contributed by atoms with Gasteiger partial charge in [-0.3, -0.25) is 9.59 Å². The number of aryl methyl sites for hydroxylation is 1. The third kappa shape index (κ3) is 5.52. The number of para-hydroxylation sites is 2. The molecule has 1 N–H and O–H groups in total. The molecule has 2 amide bonds. The van der Waals surface area contributed by atoms with Gasteiger partial charge in [-0.15, -0.1) is 0 Å². The molecule has 0 spiro atoms. The van der Waals surface area contributed by atoms with Crippen molar-refractivity contribution in [3.63, 3.8) is 0 Å². The first kappa shape index (κ1) is 24.2. The summed E-state index contributed by atoms with van der Waals surface area (Å²) in [5, 5.41) is 3.45. The average Bonchev–Trinajstić information content (AvgIpc) is 3.66. The molecule has 3 aliphatic rings. The summed E-state index contributed by atoms with van der Waals surface area (Å²) in [6, 6.07) is 7.90. The number of ether oxygens (including phenoxy) is 2. The summed E-state index contributed by atoms with van der Waals surface area (Å²) in [4.78, 5) is 36.0. The van der Waals surface area contributed by atoms with Crippen LogP contribution in [-0.2, 0) is 20.8 Å². The van der Waals surface area contributed by atoms with Crippen LogP contribution >= 0.6 is 0 Å². The second-order valence-corrected chi connectivity index (χ2v) is 10.0. The molecule has 2 atom stereocenters. The third-order valence-electron chi connectivity index (χ3n) is 7.43. The van der Waals surface area contributed by atoms with E-state index in [1.54, 1.807) is 7.11 Å². The summed E-state index contributed by atoms with van der Waals surface area (Å²) in [6.45, 7) is 5.89. The Bertz CT molecular complexity index is 1030. The van der Waals surface area contributed by atoms with Crippen molar-refractivity contribution in [3.8, 4) is 0 Å². The van der Waals surface area contributed by atoms with E-state index in [4.69, 9.17) is 14.5 Å². The van der Waals surface area contributed by atoms with Gasteiger partial charge >= 0.3 is 0 Å². The lowest BCUT2D eigenvalue weighted by atomic mass is 9.92. The van der Waals surface area contributed by atoms with Gasteiger partial charge in [0, 0.05) is 59.0 Å². The molecule has 1 aromatic carbocycles. The van der Waals surface area contributed by atoms with E-state index in [0.717, 1.165) is 36.8 Å². The van der Waals surface area contributed by atoms with E-state index in [9.17, 15) is 9.59 Å². The van der Waals surface area contributed by atoms with Crippen LogP contribution in [0.5, 0.6) is 0 Å². The molecule has 0 unspecified atom stereocenters. The molecule has 35 heavy (non-hydrogen) atoms. The number of piperidine rings is 1. The van der Waals surface area contributed by atoms with Crippen molar-refractivity contribution in [2.45, 2.75) is 38.3 Å². The number of carbonyl (C=O) groups excluding carboxylic acids is 2. The van der Waals surface area contributed by atoms with Gasteiger partial charge in [0.05, 0.1) is 30.2 Å². The number of amides is 2. The molecule has 190 valence electrons. The van der Waals surface area contributed by atoms with E-state index < -0.39 is 0 Å². The number of nitrogens with one attached hydrogen (secondary N) is 1. The van der Waals surface area contributed by atoms with E-state index in [1.165, 1.54) is 0 Å². The number of hydrogen-bond donors (Lipinski definition) is 1. The van der Waals surface area contributed by atoms with Crippen molar-refractivity contribution < 1.29 is 19.1 Å². The predicted octanol–water partition coefficient (Wildman–Crippen LogP) is 1.76. The number of aromatic nitrogens is 2. The fourth-order valence-electron chi connectivity index (χ4n) is 5.32. The highest BCUT2D eigenvalue weighted by Gasteiger charge is 2.38. The van der Waals surface area contributed by atoms with E-state index in [0.29, 0.717) is 70.7 Å². The zero-order valence-corrected chi connectivity index (χ0v) is 20.7. The Morgan fingerprint density at radius 3 is 2.77 bits per heavy atom. The Morgan fingerprint density at radius 2 is 2.00 bits per heavy atom. The number of hydrogen-bond acceptors (Lipinski definition) is 6. The Hall–Kier alpha value is -2.49. The molecule has 9 heteroatoms. The number of imidazole rings is 1.